The zero-order chi connectivity index (χ0) is 12.7. The molecule has 0 atom stereocenters. The van der Waals surface area contributed by atoms with E-state index in [2.05, 4.69) is 11.1 Å². The van der Waals surface area contributed by atoms with Crippen molar-refractivity contribution in [1.82, 2.24) is 4.98 Å². The van der Waals surface area contributed by atoms with Gasteiger partial charge in [-0.05, 0) is 19.4 Å². The van der Waals surface area contributed by atoms with Crippen LogP contribution < -0.4 is 4.90 Å². The van der Waals surface area contributed by atoms with Gasteiger partial charge in [0.25, 0.3) is 5.91 Å². The number of H-pyrrole nitrogens is 1. The monoisotopic (exact) mass is 242 g/mol. The van der Waals surface area contributed by atoms with Crippen molar-refractivity contribution < 1.29 is 9.90 Å². The number of para-hydroxylation sites is 1. The second kappa shape index (κ2) is 3.91. The van der Waals surface area contributed by atoms with E-state index in [1.807, 2.05) is 18.2 Å². The standard InChI is InChI=1S/C14H14N2O2/c1-9(17)8-13(18)16-7-6-11-10-4-2-3-5-12(10)15-14(11)16/h2-5,8,15,17H,6-7H2,1H3/b9-8+. The van der Waals surface area contributed by atoms with Crippen molar-refractivity contribution in [3.63, 3.8) is 0 Å². The van der Waals surface area contributed by atoms with E-state index in [1.165, 1.54) is 23.9 Å². The summed E-state index contributed by atoms with van der Waals surface area (Å²) < 4.78 is 0. The predicted octanol–water partition coefficient (Wildman–Crippen LogP) is 2.52. The van der Waals surface area contributed by atoms with Gasteiger partial charge in [0.15, 0.2) is 0 Å². The van der Waals surface area contributed by atoms with Gasteiger partial charge >= 0.3 is 0 Å². The number of benzene rings is 1. The average Bonchev–Trinajstić information content (AvgIpc) is 2.85. The second-order valence-corrected chi connectivity index (χ2v) is 4.52. The van der Waals surface area contributed by atoms with Crippen molar-refractivity contribution in [2.24, 2.45) is 0 Å². The third kappa shape index (κ3) is 1.57. The quantitative estimate of drug-likeness (QED) is 0.596. The van der Waals surface area contributed by atoms with Gasteiger partial charge in [-0.1, -0.05) is 18.2 Å². The first-order valence-corrected chi connectivity index (χ1v) is 5.95. The fraction of sp³-hybridized carbons (Fsp3) is 0.214. The number of hydrogen-bond acceptors (Lipinski definition) is 2. The van der Waals surface area contributed by atoms with E-state index >= 15 is 0 Å². The van der Waals surface area contributed by atoms with Crippen LogP contribution in [0.3, 0.4) is 0 Å². The summed E-state index contributed by atoms with van der Waals surface area (Å²) in [7, 11) is 0. The lowest BCUT2D eigenvalue weighted by atomic mass is 10.1. The highest BCUT2D eigenvalue weighted by Gasteiger charge is 2.27. The van der Waals surface area contributed by atoms with Gasteiger partial charge in [0.2, 0.25) is 0 Å². The molecule has 1 aromatic heterocycles. The summed E-state index contributed by atoms with van der Waals surface area (Å²) in [6.07, 6.45) is 2.10. The molecule has 0 saturated heterocycles. The van der Waals surface area contributed by atoms with Gasteiger partial charge in [-0.15, -0.1) is 0 Å². The Labute approximate surface area is 105 Å². The summed E-state index contributed by atoms with van der Waals surface area (Å²) in [4.78, 5) is 16.9. The van der Waals surface area contributed by atoms with E-state index in [4.69, 9.17) is 0 Å². The molecular formula is C14H14N2O2. The van der Waals surface area contributed by atoms with Gasteiger partial charge in [0.1, 0.15) is 5.82 Å². The molecule has 2 aromatic rings. The number of nitrogens with one attached hydrogen (secondary N) is 1. The maximum Gasteiger partial charge on any atom is 0.255 e. The molecule has 0 saturated carbocycles. The van der Waals surface area contributed by atoms with E-state index in [0.29, 0.717) is 6.54 Å². The summed E-state index contributed by atoms with van der Waals surface area (Å²) >= 11 is 0. The van der Waals surface area contributed by atoms with Crippen LogP contribution in [0.4, 0.5) is 5.82 Å². The van der Waals surface area contributed by atoms with Crippen LogP contribution in [0.5, 0.6) is 0 Å². The first-order chi connectivity index (χ1) is 8.66. The maximum atomic E-state index is 12.0. The molecule has 0 bridgehead atoms. The lowest BCUT2D eigenvalue weighted by Gasteiger charge is -2.13. The molecule has 0 spiro atoms. The lowest BCUT2D eigenvalue weighted by Crippen LogP contribution is -2.27. The van der Waals surface area contributed by atoms with E-state index in [0.717, 1.165) is 17.8 Å². The zero-order valence-corrected chi connectivity index (χ0v) is 10.1. The van der Waals surface area contributed by atoms with Crippen LogP contribution in [0.1, 0.15) is 12.5 Å². The summed E-state index contributed by atoms with van der Waals surface area (Å²) in [5.74, 6) is 0.712. The summed E-state index contributed by atoms with van der Waals surface area (Å²) in [6.45, 7) is 2.16. The minimum Gasteiger partial charge on any atom is -0.512 e. The van der Waals surface area contributed by atoms with Gasteiger partial charge < -0.3 is 10.1 Å². The van der Waals surface area contributed by atoms with Crippen LogP contribution in [0.2, 0.25) is 0 Å². The second-order valence-electron chi connectivity index (χ2n) is 4.52. The molecule has 92 valence electrons. The topological polar surface area (TPSA) is 56.3 Å². The van der Waals surface area contributed by atoms with Crippen LogP contribution in [-0.4, -0.2) is 22.5 Å². The van der Waals surface area contributed by atoms with Crippen molar-refractivity contribution in [3.05, 3.63) is 41.7 Å². The normalized spacial score (nSPS) is 15.2. The number of fused-ring (bicyclic) bond motifs is 3. The van der Waals surface area contributed by atoms with Gasteiger partial charge in [-0.2, -0.15) is 0 Å². The minimum atomic E-state index is -0.180. The van der Waals surface area contributed by atoms with Crippen molar-refractivity contribution in [1.29, 1.82) is 0 Å². The third-order valence-electron chi connectivity index (χ3n) is 3.24. The summed E-state index contributed by atoms with van der Waals surface area (Å²) in [5, 5.41) is 10.3. The van der Waals surface area contributed by atoms with Crippen LogP contribution in [0.25, 0.3) is 10.9 Å². The fourth-order valence-corrected chi connectivity index (χ4v) is 2.48. The summed E-state index contributed by atoms with van der Waals surface area (Å²) in [6, 6.07) is 8.03. The number of aliphatic hydroxyl groups excluding tert-OH is 1. The van der Waals surface area contributed by atoms with E-state index < -0.39 is 0 Å². The molecule has 1 aliphatic heterocycles. The van der Waals surface area contributed by atoms with Crippen molar-refractivity contribution in [2.45, 2.75) is 13.3 Å². The number of carbonyl (C=O) groups is 1. The van der Waals surface area contributed by atoms with E-state index in [1.54, 1.807) is 4.90 Å². The molecule has 1 amide bonds. The first-order valence-electron chi connectivity index (χ1n) is 5.95. The van der Waals surface area contributed by atoms with E-state index in [9.17, 15) is 9.90 Å². The molecule has 18 heavy (non-hydrogen) atoms. The smallest absolute Gasteiger partial charge is 0.255 e. The summed E-state index contributed by atoms with van der Waals surface area (Å²) in [5.41, 5.74) is 2.23. The largest absolute Gasteiger partial charge is 0.512 e. The Morgan fingerprint density at radius 1 is 1.44 bits per heavy atom. The molecule has 0 fully saturated rings. The van der Waals surface area contributed by atoms with Crippen molar-refractivity contribution in [2.75, 3.05) is 11.4 Å². The number of allylic oxidation sites excluding steroid dienone is 1. The van der Waals surface area contributed by atoms with Crippen LogP contribution >= 0.6 is 0 Å². The lowest BCUT2D eigenvalue weighted by molar-refractivity contribution is -0.114. The number of nitrogens with zero attached hydrogens (tertiary/aromatic N) is 1. The van der Waals surface area contributed by atoms with Crippen LogP contribution in [-0.2, 0) is 11.2 Å². The number of hydrogen-bond donors (Lipinski definition) is 2. The molecule has 0 radical (unpaired) electrons. The molecule has 1 aromatic carbocycles. The number of anilines is 1. The van der Waals surface area contributed by atoms with Gasteiger partial charge in [-0.3, -0.25) is 9.69 Å². The maximum absolute atomic E-state index is 12.0. The van der Waals surface area contributed by atoms with E-state index in [-0.39, 0.29) is 11.7 Å². The zero-order valence-electron chi connectivity index (χ0n) is 10.1. The Hall–Kier alpha value is -2.23. The molecule has 0 aliphatic carbocycles. The number of aromatic amines is 1. The number of carbonyl (C=O) groups excluding carboxylic acids is 1. The molecule has 1 aliphatic rings. The minimum absolute atomic E-state index is 0.0320. The highest BCUT2D eigenvalue weighted by atomic mass is 16.3. The molecule has 0 unspecified atom stereocenters. The van der Waals surface area contributed by atoms with Gasteiger partial charge in [0, 0.05) is 29.1 Å². The highest BCUT2D eigenvalue weighted by molar-refractivity contribution is 6.05. The Balaban J connectivity index is 2.06. The van der Waals surface area contributed by atoms with Crippen molar-refractivity contribution >= 4 is 22.6 Å². The Morgan fingerprint density at radius 3 is 3.00 bits per heavy atom. The predicted molar refractivity (Wildman–Crippen MR) is 70.7 cm³/mol. The number of aliphatic hydroxyl groups is 1. The Kier molecular flexibility index (Phi) is 2.37. The molecule has 2 heterocycles. The Bertz CT molecular complexity index is 651. The average molecular weight is 242 g/mol. The van der Waals surface area contributed by atoms with Crippen LogP contribution in [0, 0.1) is 0 Å². The SMILES string of the molecule is C/C(O)=C\C(=O)N1CCc2c1[nH]c1ccccc21. The Morgan fingerprint density at radius 2 is 2.22 bits per heavy atom. The molecule has 4 heteroatoms. The molecular weight excluding hydrogens is 228 g/mol. The van der Waals surface area contributed by atoms with Crippen molar-refractivity contribution in [3.8, 4) is 0 Å². The molecule has 3 rings (SSSR count). The number of aromatic nitrogens is 1. The van der Waals surface area contributed by atoms with Gasteiger partial charge in [0.05, 0.1) is 5.76 Å². The number of rotatable bonds is 1. The molecule has 2 N–H and O–H groups in total. The first kappa shape index (κ1) is 10.9. The molecule has 4 nitrogen and oxygen atoms in total. The van der Waals surface area contributed by atoms with Gasteiger partial charge in [-0.25, -0.2) is 0 Å². The third-order valence-corrected chi connectivity index (χ3v) is 3.24. The number of amides is 1. The fourth-order valence-electron chi connectivity index (χ4n) is 2.48. The highest BCUT2D eigenvalue weighted by Crippen LogP contribution is 2.34. The van der Waals surface area contributed by atoms with Crippen LogP contribution in [0.15, 0.2) is 36.1 Å².